The lowest BCUT2D eigenvalue weighted by atomic mass is 9.96. The Balaban J connectivity index is 2.05. The molecule has 0 aromatic heterocycles. The molecule has 0 unspecified atom stereocenters. The number of phenolic OH excluding ortho intramolecular Hbond substituents is 1. The molecule has 2 saturated heterocycles. The van der Waals surface area contributed by atoms with Crippen LogP contribution in [-0.2, 0) is 59.2 Å². The number of nitrogens with one attached hydrogen (secondary N) is 7. The van der Waals surface area contributed by atoms with E-state index in [-0.39, 0.29) is 49.0 Å². The standard InChI is InChI=1S/C44H68N12O12S2/c1-6-22(4)35-43(67)50-27(13-14-33(46)58)38(62)52-30(18-34(47)59)40(64)54-31(20-70-69-19-26(45)37(61)51-29(41(65)55-35)17-24-9-11-25(57)12-10-24)44(68)56-15-7-8-32(56)42(66)53-28(16-21(2)3)39(63)49-23(5)36(48)60/h9-12,21-23,26-32,35,57H,6-8,13-20,45H2,1-5H3,(H2,46,58)(H2,47,59)(H2,48,60)(H,49,63)(H,50,67)(H,51,61)(H,52,62)(H,53,66)(H,54,64)(H,55,65)/t22-,23-,26-,27-,28-,29-,30-,31-,32-,35-/m0/s1. The summed E-state index contributed by atoms with van der Waals surface area (Å²) in [7, 11) is 2.05. The van der Waals surface area contributed by atoms with Gasteiger partial charge in [0.25, 0.3) is 0 Å². The van der Waals surface area contributed by atoms with Gasteiger partial charge in [0.15, 0.2) is 0 Å². The maximum atomic E-state index is 14.5. The molecule has 2 fully saturated rings. The SMILES string of the molecule is CC[C@H](C)[C@@H]1NC(=O)[C@H](Cc2ccc(O)cc2)NC(=O)[C@@H](N)CSSC[C@@H](C(=O)N2CCC[C@H]2C(=O)N[C@@H](CC(C)C)C(=O)N[C@@H](C)C(N)=O)NC(=O)[C@H](CC(N)=O)NC(=O)[C@H](CCC(N)=O)NC1=O. The zero-order valence-electron chi connectivity index (χ0n) is 39.9. The summed E-state index contributed by atoms with van der Waals surface area (Å²) in [6.07, 6.45) is -0.712. The van der Waals surface area contributed by atoms with Crippen LogP contribution in [0.2, 0.25) is 0 Å². The average Bonchev–Trinajstić information content (AvgIpc) is 3.79. The van der Waals surface area contributed by atoms with Gasteiger partial charge in [-0.2, -0.15) is 0 Å². The van der Waals surface area contributed by atoms with Crippen LogP contribution in [0.15, 0.2) is 24.3 Å². The highest BCUT2D eigenvalue weighted by molar-refractivity contribution is 8.76. The van der Waals surface area contributed by atoms with E-state index in [1.54, 1.807) is 13.8 Å². The van der Waals surface area contributed by atoms with Crippen LogP contribution < -0.4 is 60.2 Å². The summed E-state index contributed by atoms with van der Waals surface area (Å²) in [4.78, 5) is 149. The van der Waals surface area contributed by atoms with Gasteiger partial charge in [-0.3, -0.25) is 52.7 Å². The van der Waals surface area contributed by atoms with Gasteiger partial charge < -0.3 is 70.2 Å². The van der Waals surface area contributed by atoms with E-state index >= 15 is 0 Å². The van der Waals surface area contributed by atoms with Crippen molar-refractivity contribution in [1.29, 1.82) is 0 Å². The lowest BCUT2D eigenvalue weighted by molar-refractivity contribution is -0.142. The number of carbonyl (C=O) groups is 11. The van der Waals surface area contributed by atoms with Crippen LogP contribution in [0.25, 0.3) is 0 Å². The second-order valence-corrected chi connectivity index (χ2v) is 20.4. The number of likely N-dealkylation sites (tertiary alicyclic amines) is 1. The molecule has 10 atom stereocenters. The Labute approximate surface area is 413 Å². The number of aromatic hydroxyl groups is 1. The molecule has 2 heterocycles. The van der Waals surface area contributed by atoms with E-state index in [0.29, 0.717) is 18.4 Å². The van der Waals surface area contributed by atoms with Crippen LogP contribution in [0.3, 0.4) is 0 Å². The molecule has 388 valence electrons. The minimum Gasteiger partial charge on any atom is -0.508 e. The first kappa shape index (κ1) is 58.2. The van der Waals surface area contributed by atoms with Crippen LogP contribution in [0.1, 0.15) is 85.1 Å². The summed E-state index contributed by atoms with van der Waals surface area (Å²) in [5, 5.41) is 27.8. The van der Waals surface area contributed by atoms with Crippen molar-refractivity contribution < 1.29 is 57.8 Å². The average molecular weight is 1020 g/mol. The van der Waals surface area contributed by atoms with Crippen LogP contribution in [0, 0.1) is 11.8 Å². The molecule has 0 saturated carbocycles. The molecule has 16 N–H and O–H groups in total. The summed E-state index contributed by atoms with van der Waals surface area (Å²) in [5.74, 6) is -10.4. The lowest BCUT2D eigenvalue weighted by Crippen LogP contribution is -2.61. The summed E-state index contributed by atoms with van der Waals surface area (Å²) in [6.45, 7) is 8.46. The van der Waals surface area contributed by atoms with E-state index in [2.05, 4.69) is 37.2 Å². The number of hydrogen-bond acceptors (Lipinski definition) is 15. The number of nitrogens with zero attached hydrogens (tertiary/aromatic N) is 1. The zero-order chi connectivity index (χ0) is 52.4. The molecule has 24 nitrogen and oxygen atoms in total. The molecule has 1 aromatic rings. The van der Waals surface area contributed by atoms with Crippen LogP contribution in [0.5, 0.6) is 5.75 Å². The Morgan fingerprint density at radius 2 is 1.37 bits per heavy atom. The molecule has 0 radical (unpaired) electrons. The molecule has 0 bridgehead atoms. The third-order valence-corrected chi connectivity index (χ3v) is 14.1. The van der Waals surface area contributed by atoms with Crippen molar-refractivity contribution in [3.05, 3.63) is 29.8 Å². The van der Waals surface area contributed by atoms with E-state index in [1.165, 1.54) is 36.1 Å². The van der Waals surface area contributed by atoms with Gasteiger partial charge in [-0.15, -0.1) is 0 Å². The first-order valence-electron chi connectivity index (χ1n) is 23.0. The van der Waals surface area contributed by atoms with Gasteiger partial charge in [0.2, 0.25) is 65.0 Å². The van der Waals surface area contributed by atoms with Crippen molar-refractivity contribution in [3.63, 3.8) is 0 Å². The maximum Gasteiger partial charge on any atom is 0.246 e. The first-order valence-corrected chi connectivity index (χ1v) is 25.5. The predicted octanol–water partition coefficient (Wildman–Crippen LogP) is -3.22. The van der Waals surface area contributed by atoms with Gasteiger partial charge in [0.05, 0.1) is 12.5 Å². The van der Waals surface area contributed by atoms with Gasteiger partial charge in [0.1, 0.15) is 54.1 Å². The maximum absolute atomic E-state index is 14.5. The van der Waals surface area contributed by atoms with Gasteiger partial charge >= 0.3 is 0 Å². The first-order chi connectivity index (χ1) is 32.9. The summed E-state index contributed by atoms with van der Waals surface area (Å²) in [6, 6.07) is -6.13. The van der Waals surface area contributed by atoms with Crippen LogP contribution >= 0.6 is 21.6 Å². The molecule has 0 spiro atoms. The van der Waals surface area contributed by atoms with Gasteiger partial charge in [-0.1, -0.05) is 67.8 Å². The fraction of sp³-hybridized carbons (Fsp3) is 0.614. The van der Waals surface area contributed by atoms with Crippen molar-refractivity contribution in [2.24, 2.45) is 34.8 Å². The fourth-order valence-electron chi connectivity index (χ4n) is 7.43. The highest BCUT2D eigenvalue weighted by Gasteiger charge is 2.41. The number of carbonyl (C=O) groups excluding carboxylic acids is 11. The second-order valence-electron chi connectivity index (χ2n) is 17.9. The fourth-order valence-corrected chi connectivity index (χ4v) is 9.71. The van der Waals surface area contributed by atoms with Crippen molar-refractivity contribution in [3.8, 4) is 5.75 Å². The highest BCUT2D eigenvalue weighted by atomic mass is 33.1. The predicted molar refractivity (Wildman–Crippen MR) is 259 cm³/mol. The lowest BCUT2D eigenvalue weighted by Gasteiger charge is -2.31. The molecular formula is C44H68N12O12S2. The molecule has 0 aliphatic carbocycles. The van der Waals surface area contributed by atoms with Crippen molar-refractivity contribution in [2.45, 2.75) is 140 Å². The van der Waals surface area contributed by atoms with Crippen LogP contribution in [-0.4, -0.2) is 147 Å². The van der Waals surface area contributed by atoms with Gasteiger partial charge in [-0.25, -0.2) is 0 Å². The molecule has 11 amide bonds. The summed E-state index contributed by atoms with van der Waals surface area (Å²) in [5.41, 5.74) is 23.1. The van der Waals surface area contributed by atoms with E-state index in [0.717, 1.165) is 21.6 Å². The smallest absolute Gasteiger partial charge is 0.246 e. The third kappa shape index (κ3) is 18.3. The zero-order valence-corrected chi connectivity index (χ0v) is 41.6. The Morgan fingerprint density at radius 1 is 0.771 bits per heavy atom. The Hall–Kier alpha value is -6.15. The number of nitrogens with two attached hydrogens (primary N) is 4. The monoisotopic (exact) mass is 1020 g/mol. The van der Waals surface area contributed by atoms with Crippen molar-refractivity contribution in [1.82, 2.24) is 42.1 Å². The van der Waals surface area contributed by atoms with E-state index in [4.69, 9.17) is 22.9 Å². The van der Waals surface area contributed by atoms with Crippen molar-refractivity contribution >= 4 is 86.6 Å². The minimum absolute atomic E-state index is 0.0467. The normalized spacial score (nSPS) is 24.6. The van der Waals surface area contributed by atoms with E-state index in [1.807, 2.05) is 13.8 Å². The second kappa shape index (κ2) is 27.9. The molecule has 26 heteroatoms. The van der Waals surface area contributed by atoms with E-state index < -0.39 is 145 Å². The molecule has 3 rings (SSSR count). The summed E-state index contributed by atoms with van der Waals surface area (Å²) >= 11 is 0. The summed E-state index contributed by atoms with van der Waals surface area (Å²) < 4.78 is 0. The van der Waals surface area contributed by atoms with Crippen molar-refractivity contribution in [2.75, 3.05) is 18.1 Å². The highest BCUT2D eigenvalue weighted by Crippen LogP contribution is 2.26. The third-order valence-electron chi connectivity index (χ3n) is 11.6. The molecular weight excluding hydrogens is 953 g/mol. The molecule has 2 aliphatic heterocycles. The van der Waals surface area contributed by atoms with Crippen LogP contribution in [0.4, 0.5) is 0 Å². The number of primary amides is 3. The topological polar surface area (TPSA) is 400 Å². The minimum atomic E-state index is -1.75. The number of rotatable bonds is 17. The largest absolute Gasteiger partial charge is 0.508 e. The molecule has 1 aromatic carbocycles. The Bertz CT molecular complexity index is 2080. The Kier molecular flexibility index (Phi) is 23.2. The number of hydrogen-bond donors (Lipinski definition) is 12. The van der Waals surface area contributed by atoms with Gasteiger partial charge in [0, 0.05) is 30.9 Å². The van der Waals surface area contributed by atoms with Gasteiger partial charge in [-0.05, 0) is 62.1 Å². The number of amides is 11. The quantitative estimate of drug-likeness (QED) is 0.0683. The Morgan fingerprint density at radius 3 is 1.97 bits per heavy atom. The number of benzene rings is 1. The number of phenols is 1. The molecule has 70 heavy (non-hydrogen) atoms. The molecule has 2 aliphatic rings. The van der Waals surface area contributed by atoms with E-state index in [9.17, 15) is 57.8 Å².